The molecule has 1 aromatic rings. The number of nitrogens with one attached hydrogen (secondary N) is 1. The van der Waals surface area contributed by atoms with Gasteiger partial charge in [0.25, 0.3) is 0 Å². The molecular weight excluding hydrogens is 222 g/mol. The van der Waals surface area contributed by atoms with Crippen molar-refractivity contribution < 1.29 is 9.53 Å². The van der Waals surface area contributed by atoms with Crippen LogP contribution >= 0.6 is 0 Å². The van der Waals surface area contributed by atoms with Crippen LogP contribution in [-0.2, 0) is 4.74 Å². The SMILES string of the molecule is C[C@@H]1CN(c2ncc(NC(N)=O)cn2)CCO1. The molecule has 2 amide bonds. The minimum absolute atomic E-state index is 0.177. The summed E-state index contributed by atoms with van der Waals surface area (Å²) in [6, 6.07) is -0.624. The maximum atomic E-state index is 10.6. The molecule has 17 heavy (non-hydrogen) atoms. The quantitative estimate of drug-likeness (QED) is 0.766. The zero-order chi connectivity index (χ0) is 12.3. The van der Waals surface area contributed by atoms with Crippen LogP contribution in [0.4, 0.5) is 16.4 Å². The highest BCUT2D eigenvalue weighted by atomic mass is 16.5. The third-order valence-corrected chi connectivity index (χ3v) is 2.43. The number of nitrogens with two attached hydrogens (primary N) is 1. The molecule has 0 bridgehead atoms. The van der Waals surface area contributed by atoms with Crippen LogP contribution in [-0.4, -0.2) is 41.8 Å². The van der Waals surface area contributed by atoms with Gasteiger partial charge in [0.05, 0.1) is 30.8 Å². The molecule has 1 aromatic heterocycles. The molecule has 1 fully saturated rings. The number of rotatable bonds is 2. The van der Waals surface area contributed by atoms with E-state index in [-0.39, 0.29) is 6.10 Å². The highest BCUT2D eigenvalue weighted by Gasteiger charge is 2.18. The van der Waals surface area contributed by atoms with E-state index in [0.29, 0.717) is 18.2 Å². The molecule has 0 unspecified atom stereocenters. The van der Waals surface area contributed by atoms with Gasteiger partial charge in [-0.3, -0.25) is 0 Å². The second-order valence-corrected chi connectivity index (χ2v) is 3.89. The molecular formula is C10H15N5O2. The van der Waals surface area contributed by atoms with Gasteiger partial charge in [-0.15, -0.1) is 0 Å². The monoisotopic (exact) mass is 237 g/mol. The third kappa shape index (κ3) is 3.04. The van der Waals surface area contributed by atoms with Crippen molar-refractivity contribution in [2.75, 3.05) is 29.9 Å². The number of urea groups is 1. The van der Waals surface area contributed by atoms with Gasteiger partial charge < -0.3 is 20.7 Å². The molecule has 0 radical (unpaired) electrons. The molecule has 0 aliphatic carbocycles. The van der Waals surface area contributed by atoms with Gasteiger partial charge >= 0.3 is 6.03 Å². The first-order valence-corrected chi connectivity index (χ1v) is 5.40. The number of amides is 2. The second kappa shape index (κ2) is 4.96. The lowest BCUT2D eigenvalue weighted by atomic mass is 10.3. The van der Waals surface area contributed by atoms with Crippen molar-refractivity contribution in [1.82, 2.24) is 9.97 Å². The number of ether oxygens (including phenoxy) is 1. The number of hydrogen-bond acceptors (Lipinski definition) is 5. The summed E-state index contributed by atoms with van der Waals surface area (Å²) in [7, 11) is 0. The number of carbonyl (C=O) groups excluding carboxylic acids is 1. The average molecular weight is 237 g/mol. The minimum atomic E-state index is -0.624. The molecule has 0 saturated carbocycles. The predicted molar refractivity (Wildman–Crippen MR) is 62.9 cm³/mol. The smallest absolute Gasteiger partial charge is 0.316 e. The van der Waals surface area contributed by atoms with Crippen molar-refractivity contribution in [1.29, 1.82) is 0 Å². The summed E-state index contributed by atoms with van der Waals surface area (Å²) in [6.45, 7) is 4.22. The van der Waals surface area contributed by atoms with Gasteiger partial charge in [-0.2, -0.15) is 0 Å². The molecule has 3 N–H and O–H groups in total. The van der Waals surface area contributed by atoms with Crippen molar-refractivity contribution >= 4 is 17.7 Å². The Morgan fingerprint density at radius 1 is 1.59 bits per heavy atom. The second-order valence-electron chi connectivity index (χ2n) is 3.89. The molecule has 2 rings (SSSR count). The van der Waals surface area contributed by atoms with Gasteiger partial charge in [-0.05, 0) is 6.92 Å². The number of anilines is 2. The molecule has 2 heterocycles. The normalized spacial score (nSPS) is 20.1. The summed E-state index contributed by atoms with van der Waals surface area (Å²) >= 11 is 0. The summed E-state index contributed by atoms with van der Waals surface area (Å²) in [5, 5.41) is 2.41. The Bertz CT molecular complexity index is 394. The summed E-state index contributed by atoms with van der Waals surface area (Å²) in [5.41, 5.74) is 5.48. The fourth-order valence-electron chi connectivity index (χ4n) is 1.69. The van der Waals surface area contributed by atoms with Crippen LogP contribution in [0.1, 0.15) is 6.92 Å². The Morgan fingerprint density at radius 3 is 2.88 bits per heavy atom. The van der Waals surface area contributed by atoms with E-state index < -0.39 is 6.03 Å². The van der Waals surface area contributed by atoms with E-state index in [1.165, 1.54) is 12.4 Å². The average Bonchev–Trinajstić information content (AvgIpc) is 2.29. The number of primary amides is 1. The topological polar surface area (TPSA) is 93.4 Å². The number of nitrogens with zero attached hydrogens (tertiary/aromatic N) is 3. The Morgan fingerprint density at radius 2 is 2.29 bits per heavy atom. The molecule has 7 nitrogen and oxygen atoms in total. The molecule has 0 aromatic carbocycles. The molecule has 0 spiro atoms. The highest BCUT2D eigenvalue weighted by molar-refractivity contribution is 5.87. The summed E-state index contributed by atoms with van der Waals surface area (Å²) in [6.07, 6.45) is 3.25. The van der Waals surface area contributed by atoms with Crippen molar-refractivity contribution in [2.24, 2.45) is 5.73 Å². The largest absolute Gasteiger partial charge is 0.375 e. The number of morpholine rings is 1. The zero-order valence-electron chi connectivity index (χ0n) is 9.59. The van der Waals surface area contributed by atoms with Gasteiger partial charge in [0.2, 0.25) is 5.95 Å². The van der Waals surface area contributed by atoms with Gasteiger partial charge in [-0.25, -0.2) is 14.8 Å². The van der Waals surface area contributed by atoms with Crippen LogP contribution in [0.25, 0.3) is 0 Å². The van der Waals surface area contributed by atoms with Crippen molar-refractivity contribution in [3.8, 4) is 0 Å². The van der Waals surface area contributed by atoms with E-state index >= 15 is 0 Å². The lowest BCUT2D eigenvalue weighted by Crippen LogP contribution is -2.42. The fourth-order valence-corrected chi connectivity index (χ4v) is 1.69. The van der Waals surface area contributed by atoms with Crippen LogP contribution in [0.15, 0.2) is 12.4 Å². The summed E-state index contributed by atoms with van der Waals surface area (Å²) in [4.78, 5) is 21.0. The minimum Gasteiger partial charge on any atom is -0.375 e. The Labute approximate surface area is 99.0 Å². The van der Waals surface area contributed by atoms with Gasteiger partial charge in [-0.1, -0.05) is 0 Å². The van der Waals surface area contributed by atoms with Crippen LogP contribution in [0, 0.1) is 0 Å². The molecule has 1 saturated heterocycles. The van der Waals surface area contributed by atoms with Gasteiger partial charge in [0, 0.05) is 13.1 Å². The zero-order valence-corrected chi connectivity index (χ0v) is 9.59. The lowest BCUT2D eigenvalue weighted by molar-refractivity contribution is 0.0526. The van der Waals surface area contributed by atoms with Crippen LogP contribution in [0.2, 0.25) is 0 Å². The Balaban J connectivity index is 2.04. The fraction of sp³-hybridized carbons (Fsp3) is 0.500. The molecule has 1 atom stereocenters. The molecule has 7 heteroatoms. The van der Waals surface area contributed by atoms with Crippen molar-refractivity contribution in [3.05, 3.63) is 12.4 Å². The molecule has 92 valence electrons. The predicted octanol–water partition coefficient (Wildman–Crippen LogP) is 0.192. The van der Waals surface area contributed by atoms with Gasteiger partial charge in [0.1, 0.15) is 0 Å². The summed E-state index contributed by atoms with van der Waals surface area (Å²) < 4.78 is 5.44. The van der Waals surface area contributed by atoms with Crippen LogP contribution in [0.5, 0.6) is 0 Å². The van der Waals surface area contributed by atoms with Crippen molar-refractivity contribution in [2.45, 2.75) is 13.0 Å². The number of hydrogen-bond donors (Lipinski definition) is 2. The van der Waals surface area contributed by atoms with E-state index in [2.05, 4.69) is 15.3 Å². The van der Waals surface area contributed by atoms with Crippen molar-refractivity contribution in [3.63, 3.8) is 0 Å². The van der Waals surface area contributed by atoms with E-state index in [4.69, 9.17) is 10.5 Å². The Hall–Kier alpha value is -1.89. The highest BCUT2D eigenvalue weighted by Crippen LogP contribution is 2.13. The lowest BCUT2D eigenvalue weighted by Gasteiger charge is -2.31. The van der Waals surface area contributed by atoms with Gasteiger partial charge in [0.15, 0.2) is 0 Å². The van der Waals surface area contributed by atoms with Crippen LogP contribution in [0.3, 0.4) is 0 Å². The molecule has 1 aliphatic heterocycles. The first-order chi connectivity index (χ1) is 8.15. The first kappa shape index (κ1) is 11.6. The number of aromatic nitrogens is 2. The van der Waals surface area contributed by atoms with Crippen LogP contribution < -0.4 is 16.0 Å². The Kier molecular flexibility index (Phi) is 3.38. The maximum absolute atomic E-state index is 10.6. The molecule has 1 aliphatic rings. The maximum Gasteiger partial charge on any atom is 0.316 e. The summed E-state index contributed by atoms with van der Waals surface area (Å²) in [5.74, 6) is 0.634. The van der Waals surface area contributed by atoms with E-state index in [0.717, 1.165) is 13.1 Å². The van der Waals surface area contributed by atoms with E-state index in [1.54, 1.807) is 0 Å². The van der Waals surface area contributed by atoms with E-state index in [1.807, 2.05) is 11.8 Å². The standard InChI is InChI=1S/C10H15N5O2/c1-7-6-15(2-3-17-7)10-12-4-8(5-13-10)14-9(11)16/h4-5,7H,2-3,6H2,1H3,(H3,11,14,16)/t7-/m1/s1. The third-order valence-electron chi connectivity index (χ3n) is 2.43. The number of carbonyl (C=O) groups is 1. The first-order valence-electron chi connectivity index (χ1n) is 5.40. The van der Waals surface area contributed by atoms with E-state index in [9.17, 15) is 4.79 Å².